The lowest BCUT2D eigenvalue weighted by molar-refractivity contribution is -0.384. The Morgan fingerprint density at radius 2 is 1.93 bits per heavy atom. The standard InChI is InChI=1S/C19H19ClN2O5S/c20-17-7-6-15(12-18(17)22(24)25)19(23)21(16-9-11-28(26,27)13-16)10-8-14-4-2-1-3-5-14/h1-7,12,16H,8-11,13H2/t16-/m1/s1. The number of nitro benzene ring substituents is 1. The first-order valence-electron chi connectivity index (χ1n) is 8.76. The third-order valence-electron chi connectivity index (χ3n) is 4.78. The fraction of sp³-hybridized carbons (Fsp3) is 0.316. The first-order chi connectivity index (χ1) is 13.3. The molecule has 148 valence electrons. The summed E-state index contributed by atoms with van der Waals surface area (Å²) in [4.78, 5) is 25.1. The van der Waals surface area contributed by atoms with Gasteiger partial charge in [0.05, 0.1) is 16.4 Å². The number of nitro groups is 1. The van der Waals surface area contributed by atoms with Crippen LogP contribution in [0.1, 0.15) is 22.3 Å². The molecule has 1 atom stereocenters. The predicted molar refractivity (Wildman–Crippen MR) is 106 cm³/mol. The van der Waals surface area contributed by atoms with Crippen molar-refractivity contribution in [3.05, 3.63) is 74.8 Å². The number of nitrogens with zero attached hydrogens (tertiary/aromatic N) is 2. The Balaban J connectivity index is 1.88. The van der Waals surface area contributed by atoms with Crippen molar-refractivity contribution in [2.24, 2.45) is 0 Å². The Morgan fingerprint density at radius 3 is 2.54 bits per heavy atom. The van der Waals surface area contributed by atoms with Crippen LogP contribution in [0.5, 0.6) is 0 Å². The van der Waals surface area contributed by atoms with Gasteiger partial charge in [-0.25, -0.2) is 8.42 Å². The molecule has 0 radical (unpaired) electrons. The van der Waals surface area contributed by atoms with Gasteiger partial charge >= 0.3 is 0 Å². The molecule has 9 heteroatoms. The van der Waals surface area contributed by atoms with Gasteiger partial charge in [-0.3, -0.25) is 14.9 Å². The van der Waals surface area contributed by atoms with E-state index in [0.717, 1.165) is 11.6 Å². The molecule has 28 heavy (non-hydrogen) atoms. The largest absolute Gasteiger partial charge is 0.334 e. The fourth-order valence-corrected chi connectivity index (χ4v) is 5.23. The van der Waals surface area contributed by atoms with Gasteiger partial charge in [0.25, 0.3) is 11.6 Å². The summed E-state index contributed by atoms with van der Waals surface area (Å²) in [7, 11) is -3.19. The molecule has 2 aromatic rings. The van der Waals surface area contributed by atoms with E-state index in [2.05, 4.69) is 0 Å². The zero-order valence-corrected chi connectivity index (χ0v) is 16.5. The van der Waals surface area contributed by atoms with E-state index in [1.807, 2.05) is 30.3 Å². The molecule has 0 aliphatic carbocycles. The minimum Gasteiger partial charge on any atom is -0.334 e. The molecule has 0 spiro atoms. The van der Waals surface area contributed by atoms with Crippen molar-refractivity contribution >= 4 is 33.0 Å². The van der Waals surface area contributed by atoms with Crippen LogP contribution in [0.15, 0.2) is 48.5 Å². The molecule has 1 aliphatic heterocycles. The van der Waals surface area contributed by atoms with Crippen molar-refractivity contribution in [2.45, 2.75) is 18.9 Å². The van der Waals surface area contributed by atoms with Gasteiger partial charge in [0, 0.05) is 24.2 Å². The highest BCUT2D eigenvalue weighted by Gasteiger charge is 2.35. The lowest BCUT2D eigenvalue weighted by Crippen LogP contribution is -2.42. The van der Waals surface area contributed by atoms with Crippen LogP contribution in [0.4, 0.5) is 5.69 Å². The van der Waals surface area contributed by atoms with Gasteiger partial charge in [-0.1, -0.05) is 41.9 Å². The van der Waals surface area contributed by atoms with Crippen LogP contribution in [0.25, 0.3) is 0 Å². The SMILES string of the molecule is O=C(c1ccc(Cl)c([N+](=O)[O-])c1)N(CCc1ccccc1)[C@@H]1CCS(=O)(=O)C1. The van der Waals surface area contributed by atoms with Gasteiger partial charge in [0.15, 0.2) is 9.84 Å². The van der Waals surface area contributed by atoms with Crippen molar-refractivity contribution in [1.82, 2.24) is 4.90 Å². The van der Waals surface area contributed by atoms with Crippen LogP contribution in [-0.4, -0.2) is 48.2 Å². The molecule has 1 saturated heterocycles. The molecule has 1 amide bonds. The monoisotopic (exact) mass is 422 g/mol. The Kier molecular flexibility index (Phi) is 6.00. The zero-order chi connectivity index (χ0) is 20.3. The molecule has 0 aromatic heterocycles. The number of carbonyl (C=O) groups excluding carboxylic acids is 1. The molecule has 0 saturated carbocycles. The maximum absolute atomic E-state index is 13.1. The van der Waals surface area contributed by atoms with Crippen LogP contribution in [0, 0.1) is 10.1 Å². The van der Waals surface area contributed by atoms with Crippen molar-refractivity contribution in [3.63, 3.8) is 0 Å². The second-order valence-corrected chi connectivity index (χ2v) is 9.35. The second-order valence-electron chi connectivity index (χ2n) is 6.71. The summed E-state index contributed by atoms with van der Waals surface area (Å²) in [6.45, 7) is 0.319. The lowest BCUT2D eigenvalue weighted by atomic mass is 10.1. The Hall–Kier alpha value is -2.45. The van der Waals surface area contributed by atoms with E-state index < -0.39 is 26.7 Å². The molecule has 1 fully saturated rings. The number of amides is 1. The first kappa shape index (κ1) is 20.3. The molecule has 7 nitrogen and oxygen atoms in total. The Morgan fingerprint density at radius 1 is 1.21 bits per heavy atom. The van der Waals surface area contributed by atoms with E-state index in [9.17, 15) is 23.3 Å². The summed E-state index contributed by atoms with van der Waals surface area (Å²) < 4.78 is 23.8. The highest BCUT2D eigenvalue weighted by atomic mass is 35.5. The van der Waals surface area contributed by atoms with E-state index >= 15 is 0 Å². The van der Waals surface area contributed by atoms with E-state index in [4.69, 9.17) is 11.6 Å². The van der Waals surface area contributed by atoms with Crippen molar-refractivity contribution in [3.8, 4) is 0 Å². The highest BCUT2D eigenvalue weighted by Crippen LogP contribution is 2.27. The quantitative estimate of drug-likeness (QED) is 0.526. The summed E-state index contributed by atoms with van der Waals surface area (Å²) in [5.41, 5.74) is 0.784. The van der Waals surface area contributed by atoms with Gasteiger partial charge in [-0.2, -0.15) is 0 Å². The van der Waals surface area contributed by atoms with Gasteiger partial charge < -0.3 is 4.90 Å². The molecular formula is C19H19ClN2O5S. The predicted octanol–water partition coefficient (Wildman–Crippen LogP) is 3.12. The van der Waals surface area contributed by atoms with Gasteiger partial charge in [-0.05, 0) is 30.5 Å². The highest BCUT2D eigenvalue weighted by molar-refractivity contribution is 7.91. The number of sulfone groups is 1. The molecule has 1 heterocycles. The maximum Gasteiger partial charge on any atom is 0.288 e. The maximum atomic E-state index is 13.1. The zero-order valence-electron chi connectivity index (χ0n) is 15.0. The molecule has 2 aromatic carbocycles. The Labute approximate surface area is 168 Å². The molecule has 0 N–H and O–H groups in total. The number of hydrogen-bond acceptors (Lipinski definition) is 5. The number of rotatable bonds is 6. The van der Waals surface area contributed by atoms with Crippen molar-refractivity contribution < 1.29 is 18.1 Å². The van der Waals surface area contributed by atoms with Crippen molar-refractivity contribution in [2.75, 3.05) is 18.1 Å². The third kappa shape index (κ3) is 4.69. The van der Waals surface area contributed by atoms with E-state index in [0.29, 0.717) is 19.4 Å². The number of halogens is 1. The molecule has 0 bridgehead atoms. The topological polar surface area (TPSA) is 97.6 Å². The summed E-state index contributed by atoms with van der Waals surface area (Å²) in [5.74, 6) is -0.491. The normalized spacial score (nSPS) is 18.0. The second kappa shape index (κ2) is 8.28. The van der Waals surface area contributed by atoms with E-state index in [1.165, 1.54) is 17.0 Å². The van der Waals surface area contributed by atoms with Gasteiger partial charge in [-0.15, -0.1) is 0 Å². The molecule has 1 aliphatic rings. The fourth-order valence-electron chi connectivity index (χ4n) is 3.32. The molecular weight excluding hydrogens is 404 g/mol. The van der Waals surface area contributed by atoms with E-state index in [1.54, 1.807) is 0 Å². The average Bonchev–Trinajstić information content (AvgIpc) is 3.02. The van der Waals surface area contributed by atoms with Gasteiger partial charge in [0.1, 0.15) is 5.02 Å². The lowest BCUT2D eigenvalue weighted by Gasteiger charge is -2.28. The number of benzene rings is 2. The average molecular weight is 423 g/mol. The van der Waals surface area contributed by atoms with Crippen LogP contribution >= 0.6 is 11.6 Å². The summed E-state index contributed by atoms with van der Waals surface area (Å²) in [6.07, 6.45) is 0.914. The Bertz CT molecular complexity index is 995. The van der Waals surface area contributed by atoms with Crippen LogP contribution in [0.2, 0.25) is 5.02 Å². The van der Waals surface area contributed by atoms with Crippen LogP contribution < -0.4 is 0 Å². The van der Waals surface area contributed by atoms with Crippen molar-refractivity contribution in [1.29, 1.82) is 0 Å². The molecule has 3 rings (SSSR count). The minimum absolute atomic E-state index is 0.0353. The van der Waals surface area contributed by atoms with Gasteiger partial charge in [0.2, 0.25) is 0 Å². The first-order valence-corrected chi connectivity index (χ1v) is 11.0. The molecule has 0 unspecified atom stereocenters. The smallest absolute Gasteiger partial charge is 0.288 e. The number of carbonyl (C=O) groups is 1. The summed E-state index contributed by atoms with van der Waals surface area (Å²) in [5, 5.41) is 11.1. The summed E-state index contributed by atoms with van der Waals surface area (Å²) in [6, 6.07) is 13.0. The van der Waals surface area contributed by atoms with Crippen LogP contribution in [0.3, 0.4) is 0 Å². The summed E-state index contributed by atoms with van der Waals surface area (Å²) >= 11 is 5.84. The minimum atomic E-state index is -3.19. The van der Waals surface area contributed by atoms with E-state index in [-0.39, 0.29) is 27.8 Å². The third-order valence-corrected chi connectivity index (χ3v) is 6.85. The van der Waals surface area contributed by atoms with Crippen LogP contribution in [-0.2, 0) is 16.3 Å². The number of hydrogen-bond donors (Lipinski definition) is 0.